The Bertz CT molecular complexity index is 595. The third kappa shape index (κ3) is 3.61. The molecular weight excluding hydrogens is 325 g/mol. The lowest BCUT2D eigenvalue weighted by molar-refractivity contribution is 0.263. The Kier molecular flexibility index (Phi) is 4.08. The van der Waals surface area contributed by atoms with E-state index in [1.807, 2.05) is 12.1 Å². The molecule has 106 valence electrons. The van der Waals surface area contributed by atoms with E-state index in [-0.39, 0.29) is 5.82 Å². The van der Waals surface area contributed by atoms with Crippen LogP contribution < -0.4 is 10.1 Å². The largest absolute Gasteiger partial charge is 0.484 e. The minimum absolute atomic E-state index is 0.296. The van der Waals surface area contributed by atoms with E-state index in [0.29, 0.717) is 22.9 Å². The van der Waals surface area contributed by atoms with Gasteiger partial charge in [0.1, 0.15) is 29.7 Å². The second-order valence-corrected chi connectivity index (χ2v) is 5.74. The quantitative estimate of drug-likeness (QED) is 0.863. The highest BCUT2D eigenvalue weighted by Gasteiger charge is 2.20. The molecule has 0 unspecified atom stereocenters. The van der Waals surface area contributed by atoms with Gasteiger partial charge in [-0.15, -0.1) is 0 Å². The second kappa shape index (κ2) is 5.97. The van der Waals surface area contributed by atoms with Crippen LogP contribution in [0.25, 0.3) is 0 Å². The lowest BCUT2D eigenvalue weighted by Crippen LogP contribution is -2.14. The van der Waals surface area contributed by atoms with E-state index in [1.54, 1.807) is 6.07 Å². The summed E-state index contributed by atoms with van der Waals surface area (Å²) < 4.78 is 24.8. The molecule has 3 nitrogen and oxygen atoms in total. The second-order valence-electron chi connectivity index (χ2n) is 4.89. The smallest absolute Gasteiger partial charge is 0.146 e. The molecular formula is C15H15BrFNO2. The summed E-state index contributed by atoms with van der Waals surface area (Å²) in [7, 11) is 0. The molecule has 0 amide bonds. The minimum atomic E-state index is -0.296. The van der Waals surface area contributed by atoms with Gasteiger partial charge in [-0.2, -0.15) is 0 Å². The first-order valence-electron chi connectivity index (χ1n) is 6.59. The fraction of sp³-hybridized carbons (Fsp3) is 0.333. The van der Waals surface area contributed by atoms with E-state index in [9.17, 15) is 4.39 Å². The van der Waals surface area contributed by atoms with E-state index < -0.39 is 0 Å². The first-order chi connectivity index (χ1) is 9.70. The SMILES string of the molecule is Fc1ccc(OCc2ccc(CNC3CC3)o2)c(Br)c1. The van der Waals surface area contributed by atoms with Crippen molar-refractivity contribution in [3.8, 4) is 5.75 Å². The minimum Gasteiger partial charge on any atom is -0.484 e. The van der Waals surface area contributed by atoms with E-state index in [1.165, 1.54) is 25.0 Å². The van der Waals surface area contributed by atoms with Gasteiger partial charge in [-0.25, -0.2) is 4.39 Å². The molecule has 1 heterocycles. The maximum absolute atomic E-state index is 13.0. The molecule has 0 saturated heterocycles. The third-order valence-electron chi connectivity index (χ3n) is 3.12. The van der Waals surface area contributed by atoms with Crippen LogP contribution in [0.15, 0.2) is 39.2 Å². The first kappa shape index (κ1) is 13.6. The molecule has 1 aromatic heterocycles. The zero-order valence-corrected chi connectivity index (χ0v) is 12.5. The van der Waals surface area contributed by atoms with Gasteiger partial charge in [0.05, 0.1) is 11.0 Å². The summed E-state index contributed by atoms with van der Waals surface area (Å²) >= 11 is 3.27. The number of halogens is 2. The molecule has 0 spiro atoms. The van der Waals surface area contributed by atoms with Crippen LogP contribution in [0.2, 0.25) is 0 Å². The molecule has 1 N–H and O–H groups in total. The highest BCUT2D eigenvalue weighted by Crippen LogP contribution is 2.26. The highest BCUT2D eigenvalue weighted by atomic mass is 79.9. The molecule has 1 fully saturated rings. The van der Waals surface area contributed by atoms with Gasteiger partial charge in [0.25, 0.3) is 0 Å². The molecule has 0 atom stereocenters. The lowest BCUT2D eigenvalue weighted by atomic mass is 10.3. The summed E-state index contributed by atoms with van der Waals surface area (Å²) in [6.45, 7) is 1.08. The topological polar surface area (TPSA) is 34.4 Å². The zero-order chi connectivity index (χ0) is 13.9. The summed E-state index contributed by atoms with van der Waals surface area (Å²) in [5.74, 6) is 1.97. The van der Waals surface area contributed by atoms with Crippen LogP contribution >= 0.6 is 15.9 Å². The number of hydrogen-bond donors (Lipinski definition) is 1. The molecule has 5 heteroatoms. The van der Waals surface area contributed by atoms with Gasteiger partial charge in [-0.1, -0.05) is 0 Å². The van der Waals surface area contributed by atoms with Crippen LogP contribution in [-0.4, -0.2) is 6.04 Å². The van der Waals surface area contributed by atoms with Crippen LogP contribution in [0.3, 0.4) is 0 Å². The van der Waals surface area contributed by atoms with E-state index in [0.717, 1.165) is 18.1 Å². The van der Waals surface area contributed by atoms with Crippen molar-refractivity contribution in [3.63, 3.8) is 0 Å². The Hall–Kier alpha value is -1.33. The fourth-order valence-corrected chi connectivity index (χ4v) is 2.33. The lowest BCUT2D eigenvalue weighted by Gasteiger charge is -2.06. The summed E-state index contributed by atoms with van der Waals surface area (Å²) in [4.78, 5) is 0. The predicted octanol–water partition coefficient (Wildman–Crippen LogP) is 4.01. The van der Waals surface area contributed by atoms with Crippen molar-refractivity contribution in [2.75, 3.05) is 0 Å². The van der Waals surface area contributed by atoms with Crippen LogP contribution in [0.4, 0.5) is 4.39 Å². The number of ether oxygens (including phenoxy) is 1. The van der Waals surface area contributed by atoms with Gasteiger partial charge in [-0.3, -0.25) is 0 Å². The number of benzene rings is 1. The molecule has 1 saturated carbocycles. The standard InChI is InChI=1S/C15H15BrFNO2/c16-14-7-10(17)1-6-15(14)19-9-13-5-4-12(20-13)8-18-11-2-3-11/h1,4-7,11,18H,2-3,8-9H2. The Balaban J connectivity index is 1.54. The molecule has 3 rings (SSSR count). The maximum atomic E-state index is 13.0. The summed E-state index contributed by atoms with van der Waals surface area (Å²) in [5, 5.41) is 3.39. The molecule has 1 aliphatic rings. The number of hydrogen-bond acceptors (Lipinski definition) is 3. The van der Waals surface area contributed by atoms with Crippen LogP contribution in [0, 0.1) is 5.82 Å². The Labute approximate surface area is 125 Å². The highest BCUT2D eigenvalue weighted by molar-refractivity contribution is 9.10. The Morgan fingerprint density at radius 1 is 1.25 bits per heavy atom. The number of furan rings is 1. The molecule has 0 bridgehead atoms. The Morgan fingerprint density at radius 2 is 2.05 bits per heavy atom. The monoisotopic (exact) mass is 339 g/mol. The van der Waals surface area contributed by atoms with Gasteiger partial charge < -0.3 is 14.5 Å². The van der Waals surface area contributed by atoms with Crippen molar-refractivity contribution in [1.29, 1.82) is 0 Å². The first-order valence-corrected chi connectivity index (χ1v) is 7.39. The van der Waals surface area contributed by atoms with Gasteiger partial charge in [0.15, 0.2) is 0 Å². The van der Waals surface area contributed by atoms with Crippen molar-refractivity contribution in [3.05, 3.63) is 52.1 Å². The number of nitrogens with one attached hydrogen (secondary N) is 1. The van der Waals surface area contributed by atoms with E-state index >= 15 is 0 Å². The van der Waals surface area contributed by atoms with Crippen molar-refractivity contribution < 1.29 is 13.5 Å². The summed E-state index contributed by atoms with van der Waals surface area (Å²) in [6.07, 6.45) is 2.52. The third-order valence-corrected chi connectivity index (χ3v) is 3.74. The normalized spacial score (nSPS) is 14.5. The van der Waals surface area contributed by atoms with Crippen LogP contribution in [-0.2, 0) is 13.2 Å². The van der Waals surface area contributed by atoms with Crippen molar-refractivity contribution in [2.45, 2.75) is 32.0 Å². The predicted molar refractivity (Wildman–Crippen MR) is 77.0 cm³/mol. The summed E-state index contributed by atoms with van der Waals surface area (Å²) in [5.41, 5.74) is 0. The average Bonchev–Trinajstić information content (AvgIpc) is 3.14. The van der Waals surface area contributed by atoms with Gasteiger partial charge in [0, 0.05) is 6.04 Å². The molecule has 1 aromatic carbocycles. The van der Waals surface area contributed by atoms with E-state index in [4.69, 9.17) is 9.15 Å². The van der Waals surface area contributed by atoms with Gasteiger partial charge in [-0.05, 0) is 59.1 Å². The van der Waals surface area contributed by atoms with E-state index in [2.05, 4.69) is 21.2 Å². The van der Waals surface area contributed by atoms with Crippen molar-refractivity contribution in [2.24, 2.45) is 0 Å². The maximum Gasteiger partial charge on any atom is 0.146 e. The fourth-order valence-electron chi connectivity index (χ4n) is 1.87. The average molecular weight is 340 g/mol. The zero-order valence-electron chi connectivity index (χ0n) is 10.9. The summed E-state index contributed by atoms with van der Waals surface area (Å²) in [6, 6.07) is 8.86. The molecule has 0 radical (unpaired) electrons. The van der Waals surface area contributed by atoms with Crippen molar-refractivity contribution >= 4 is 15.9 Å². The Morgan fingerprint density at radius 3 is 2.80 bits per heavy atom. The van der Waals surface area contributed by atoms with Crippen molar-refractivity contribution in [1.82, 2.24) is 5.32 Å². The van der Waals surface area contributed by atoms with Gasteiger partial charge >= 0.3 is 0 Å². The molecule has 20 heavy (non-hydrogen) atoms. The van der Waals surface area contributed by atoms with Crippen LogP contribution in [0.5, 0.6) is 5.75 Å². The molecule has 0 aliphatic heterocycles. The molecule has 2 aromatic rings. The van der Waals surface area contributed by atoms with Gasteiger partial charge in [0.2, 0.25) is 0 Å². The molecule has 1 aliphatic carbocycles. The van der Waals surface area contributed by atoms with Crippen LogP contribution in [0.1, 0.15) is 24.4 Å². The number of rotatable bonds is 6.